The van der Waals surface area contributed by atoms with E-state index in [2.05, 4.69) is 32.7 Å². The summed E-state index contributed by atoms with van der Waals surface area (Å²) >= 11 is 0. The summed E-state index contributed by atoms with van der Waals surface area (Å²) in [5, 5.41) is 18.6. The Morgan fingerprint density at radius 2 is 2.00 bits per heavy atom. The van der Waals surface area contributed by atoms with Crippen LogP contribution in [0.3, 0.4) is 0 Å². The van der Waals surface area contributed by atoms with Crippen molar-refractivity contribution in [2.75, 3.05) is 13.1 Å². The van der Waals surface area contributed by atoms with Crippen molar-refractivity contribution >= 4 is 46.5 Å². The van der Waals surface area contributed by atoms with Gasteiger partial charge in [0, 0.05) is 42.3 Å². The van der Waals surface area contributed by atoms with Crippen molar-refractivity contribution in [2.24, 2.45) is 4.99 Å². The number of nitrogens with zero attached hydrogens (tertiary/aromatic N) is 2. The standard InChI is InChI=1S/C20H23N5O2.HI/c1-2-21-20(24-13-15-6-5-7-17(12-15)25(26)27)22-11-10-16-14-23-19-9-4-3-8-18(16)19;/h3-9,12,14,23H,2,10-11,13H2,1H3,(H2,21,22,24);1H. The number of para-hydroxylation sites is 1. The highest BCUT2D eigenvalue weighted by molar-refractivity contribution is 14.0. The Bertz CT molecular complexity index is 954. The highest BCUT2D eigenvalue weighted by Gasteiger charge is 2.06. The Kier molecular flexibility index (Phi) is 8.24. The van der Waals surface area contributed by atoms with Gasteiger partial charge in [-0.25, -0.2) is 4.99 Å². The van der Waals surface area contributed by atoms with Crippen LogP contribution in [0.25, 0.3) is 10.9 Å². The molecule has 28 heavy (non-hydrogen) atoms. The first-order valence-electron chi connectivity index (χ1n) is 8.98. The lowest BCUT2D eigenvalue weighted by atomic mass is 10.1. The minimum absolute atomic E-state index is 0. The number of nitrogens with one attached hydrogen (secondary N) is 3. The van der Waals surface area contributed by atoms with Crippen LogP contribution in [-0.4, -0.2) is 29.0 Å². The summed E-state index contributed by atoms with van der Waals surface area (Å²) in [6.45, 7) is 3.87. The zero-order chi connectivity index (χ0) is 19.1. The quantitative estimate of drug-likeness (QED) is 0.153. The number of rotatable bonds is 7. The van der Waals surface area contributed by atoms with E-state index in [1.807, 2.05) is 31.3 Å². The molecule has 0 amide bonds. The van der Waals surface area contributed by atoms with Crippen molar-refractivity contribution < 1.29 is 4.92 Å². The Balaban J connectivity index is 0.00000280. The highest BCUT2D eigenvalue weighted by atomic mass is 127. The molecule has 0 aliphatic carbocycles. The number of aromatic amines is 1. The first-order valence-corrected chi connectivity index (χ1v) is 8.98. The molecular formula is C20H24IN5O2. The van der Waals surface area contributed by atoms with Crippen molar-refractivity contribution in [2.45, 2.75) is 19.9 Å². The van der Waals surface area contributed by atoms with Crippen LogP contribution in [0.4, 0.5) is 5.69 Å². The number of aliphatic imine (C=N–C) groups is 1. The predicted octanol–water partition coefficient (Wildman–Crippen LogP) is 3.99. The van der Waals surface area contributed by atoms with E-state index in [4.69, 9.17) is 0 Å². The lowest BCUT2D eigenvalue weighted by Crippen LogP contribution is -2.38. The lowest BCUT2D eigenvalue weighted by molar-refractivity contribution is -0.384. The molecule has 148 valence electrons. The van der Waals surface area contributed by atoms with E-state index in [0.717, 1.165) is 30.6 Å². The van der Waals surface area contributed by atoms with Gasteiger partial charge in [-0.05, 0) is 30.5 Å². The number of nitro groups is 1. The van der Waals surface area contributed by atoms with E-state index in [0.29, 0.717) is 12.5 Å². The molecule has 0 aliphatic rings. The normalized spacial score (nSPS) is 11.1. The first-order chi connectivity index (χ1) is 13.2. The van der Waals surface area contributed by atoms with Crippen LogP contribution in [0.15, 0.2) is 59.7 Å². The number of H-pyrrole nitrogens is 1. The van der Waals surface area contributed by atoms with E-state index in [1.54, 1.807) is 12.1 Å². The zero-order valence-corrected chi connectivity index (χ0v) is 18.0. The molecule has 2 aromatic carbocycles. The van der Waals surface area contributed by atoms with Gasteiger partial charge >= 0.3 is 0 Å². The highest BCUT2D eigenvalue weighted by Crippen LogP contribution is 2.17. The minimum Gasteiger partial charge on any atom is -0.361 e. The summed E-state index contributed by atoms with van der Waals surface area (Å²) < 4.78 is 0. The van der Waals surface area contributed by atoms with Crippen molar-refractivity contribution in [3.8, 4) is 0 Å². The van der Waals surface area contributed by atoms with Crippen LogP contribution in [-0.2, 0) is 13.0 Å². The first kappa shape index (κ1) is 21.7. The molecule has 8 heteroatoms. The number of fused-ring (bicyclic) bond motifs is 1. The molecule has 0 saturated heterocycles. The summed E-state index contributed by atoms with van der Waals surface area (Å²) in [4.78, 5) is 18.3. The number of benzene rings is 2. The SMILES string of the molecule is CCNC(=NCc1cccc([N+](=O)[O-])c1)NCCc1c[nH]c2ccccc12.I. The number of guanidine groups is 1. The molecule has 1 aromatic heterocycles. The van der Waals surface area contributed by atoms with Gasteiger partial charge in [0.1, 0.15) is 0 Å². The van der Waals surface area contributed by atoms with Gasteiger partial charge in [-0.3, -0.25) is 10.1 Å². The molecule has 0 saturated carbocycles. The third-order valence-corrected chi connectivity index (χ3v) is 4.25. The predicted molar refractivity (Wildman–Crippen MR) is 123 cm³/mol. The molecule has 7 nitrogen and oxygen atoms in total. The van der Waals surface area contributed by atoms with Gasteiger partial charge < -0.3 is 15.6 Å². The number of nitro benzene ring substituents is 1. The topological polar surface area (TPSA) is 95.3 Å². The Morgan fingerprint density at radius 1 is 1.18 bits per heavy atom. The fraction of sp³-hybridized carbons (Fsp3) is 0.250. The molecule has 0 unspecified atom stereocenters. The second-order valence-corrected chi connectivity index (χ2v) is 6.16. The average molecular weight is 493 g/mol. The van der Waals surface area contributed by atoms with E-state index < -0.39 is 4.92 Å². The fourth-order valence-corrected chi connectivity index (χ4v) is 2.93. The second-order valence-electron chi connectivity index (χ2n) is 6.16. The molecule has 3 aromatic rings. The molecule has 1 heterocycles. The fourth-order valence-electron chi connectivity index (χ4n) is 2.93. The third kappa shape index (κ3) is 5.69. The van der Waals surface area contributed by atoms with Gasteiger partial charge in [0.05, 0.1) is 11.5 Å². The Labute approximate surface area is 180 Å². The van der Waals surface area contributed by atoms with Crippen LogP contribution in [0.1, 0.15) is 18.1 Å². The molecule has 0 spiro atoms. The summed E-state index contributed by atoms with van der Waals surface area (Å²) in [5.74, 6) is 0.698. The maximum Gasteiger partial charge on any atom is 0.269 e. The van der Waals surface area contributed by atoms with Gasteiger partial charge in [-0.1, -0.05) is 30.3 Å². The van der Waals surface area contributed by atoms with E-state index in [9.17, 15) is 10.1 Å². The van der Waals surface area contributed by atoms with Crippen LogP contribution >= 0.6 is 24.0 Å². The summed E-state index contributed by atoms with van der Waals surface area (Å²) in [6.07, 6.45) is 2.91. The van der Waals surface area contributed by atoms with Crippen molar-refractivity contribution in [1.82, 2.24) is 15.6 Å². The van der Waals surface area contributed by atoms with Crippen molar-refractivity contribution in [3.05, 3.63) is 76.0 Å². The largest absolute Gasteiger partial charge is 0.361 e. The molecular weight excluding hydrogens is 469 g/mol. The molecule has 3 rings (SSSR count). The van der Waals surface area contributed by atoms with Crippen LogP contribution in [0.2, 0.25) is 0 Å². The molecule has 0 bridgehead atoms. The monoisotopic (exact) mass is 493 g/mol. The Hall–Kier alpha value is -2.62. The molecule has 0 fully saturated rings. The van der Waals surface area contributed by atoms with E-state index in [-0.39, 0.29) is 29.7 Å². The van der Waals surface area contributed by atoms with Gasteiger partial charge in [0.25, 0.3) is 5.69 Å². The van der Waals surface area contributed by atoms with Crippen LogP contribution in [0, 0.1) is 10.1 Å². The summed E-state index contributed by atoms with van der Waals surface area (Å²) in [6, 6.07) is 14.8. The molecule has 0 aliphatic heterocycles. The number of halogens is 1. The average Bonchev–Trinajstić information content (AvgIpc) is 3.09. The van der Waals surface area contributed by atoms with E-state index in [1.165, 1.54) is 17.0 Å². The van der Waals surface area contributed by atoms with Gasteiger partial charge in [0.15, 0.2) is 5.96 Å². The zero-order valence-electron chi connectivity index (χ0n) is 15.6. The maximum atomic E-state index is 10.9. The summed E-state index contributed by atoms with van der Waals surface area (Å²) in [5.41, 5.74) is 3.28. The maximum absolute atomic E-state index is 10.9. The third-order valence-electron chi connectivity index (χ3n) is 4.25. The summed E-state index contributed by atoms with van der Waals surface area (Å²) in [7, 11) is 0. The van der Waals surface area contributed by atoms with Crippen molar-refractivity contribution in [3.63, 3.8) is 0 Å². The number of non-ortho nitro benzene ring substituents is 1. The van der Waals surface area contributed by atoms with Gasteiger partial charge in [0.2, 0.25) is 0 Å². The van der Waals surface area contributed by atoms with Gasteiger partial charge in [-0.15, -0.1) is 24.0 Å². The van der Waals surface area contributed by atoms with Gasteiger partial charge in [-0.2, -0.15) is 0 Å². The van der Waals surface area contributed by atoms with E-state index >= 15 is 0 Å². The molecule has 0 atom stereocenters. The Morgan fingerprint density at radius 3 is 2.79 bits per heavy atom. The minimum atomic E-state index is -0.391. The smallest absolute Gasteiger partial charge is 0.269 e. The number of hydrogen-bond donors (Lipinski definition) is 3. The molecule has 3 N–H and O–H groups in total. The van der Waals surface area contributed by atoms with Crippen LogP contribution in [0.5, 0.6) is 0 Å². The second kappa shape index (κ2) is 10.6. The van der Waals surface area contributed by atoms with Crippen LogP contribution < -0.4 is 10.6 Å². The van der Waals surface area contributed by atoms with Crippen molar-refractivity contribution in [1.29, 1.82) is 0 Å². The lowest BCUT2D eigenvalue weighted by Gasteiger charge is -2.11. The molecule has 0 radical (unpaired) electrons. The number of hydrogen-bond acceptors (Lipinski definition) is 3. The number of aromatic nitrogens is 1.